The summed E-state index contributed by atoms with van der Waals surface area (Å²) < 4.78 is 44.0. The number of rotatable bonds is 6. The predicted molar refractivity (Wildman–Crippen MR) is 135 cm³/mol. The van der Waals surface area contributed by atoms with Crippen molar-refractivity contribution in [3.8, 4) is 0 Å². The first-order valence-corrected chi connectivity index (χ1v) is 13.6. The highest BCUT2D eigenvalue weighted by Gasteiger charge is 2.27. The average Bonchev–Trinajstić information content (AvgIpc) is 2.80. The molecule has 7 heteroatoms. The fourth-order valence-electron chi connectivity index (χ4n) is 5.12. The van der Waals surface area contributed by atoms with Crippen LogP contribution in [0.25, 0.3) is 10.9 Å². The van der Waals surface area contributed by atoms with Crippen molar-refractivity contribution >= 4 is 26.4 Å². The van der Waals surface area contributed by atoms with Gasteiger partial charge >= 0.3 is 0 Å². The number of benzene rings is 2. The number of sulfone groups is 1. The molecule has 0 aliphatic carbocycles. The first kappa shape index (κ1) is 24.5. The number of hydrogen-bond donors (Lipinski definition) is 0. The number of aryl methyl sites for hydroxylation is 2. The lowest BCUT2D eigenvalue weighted by molar-refractivity contribution is 0.354. The first-order valence-electron chi connectivity index (χ1n) is 12.1. The van der Waals surface area contributed by atoms with Gasteiger partial charge < -0.3 is 9.47 Å². The number of halogens is 1. The Morgan fingerprint density at radius 1 is 1.03 bits per heavy atom. The maximum absolute atomic E-state index is 15.4. The van der Waals surface area contributed by atoms with Crippen LogP contribution < -0.4 is 10.3 Å². The highest BCUT2D eigenvalue weighted by atomic mass is 32.2. The van der Waals surface area contributed by atoms with Gasteiger partial charge in [0.25, 0.3) is 0 Å². The Labute approximate surface area is 201 Å². The Kier molecular flexibility index (Phi) is 6.85. The maximum Gasteiger partial charge on any atom is 0.211 e. The molecule has 2 heterocycles. The maximum atomic E-state index is 15.4. The third-order valence-electron chi connectivity index (χ3n) is 6.72. The van der Waals surface area contributed by atoms with E-state index in [0.29, 0.717) is 29.6 Å². The molecule has 34 heavy (non-hydrogen) atoms. The number of aromatic nitrogens is 1. The molecule has 1 aliphatic heterocycles. The third-order valence-corrected chi connectivity index (χ3v) is 8.48. The smallest absolute Gasteiger partial charge is 0.211 e. The van der Waals surface area contributed by atoms with E-state index in [-0.39, 0.29) is 15.2 Å². The summed E-state index contributed by atoms with van der Waals surface area (Å²) in [6, 6.07) is 9.52. The molecule has 0 amide bonds. The van der Waals surface area contributed by atoms with Gasteiger partial charge in [-0.3, -0.25) is 4.79 Å². The molecule has 2 atom stereocenters. The van der Waals surface area contributed by atoms with E-state index in [0.717, 1.165) is 37.9 Å². The number of nitrogens with zero attached hydrogens (tertiary/aromatic N) is 2. The lowest BCUT2D eigenvalue weighted by Crippen LogP contribution is -2.39. The monoisotopic (exact) mass is 484 g/mol. The molecule has 0 radical (unpaired) electrons. The minimum atomic E-state index is -4.05. The molecule has 3 aromatic rings. The SMILES string of the molecule is CCCn1cc(S(=O)(=O)c2ccc(CC)cc2)c(=O)c2cc(F)c(N3C[C@@H](C)C[C@H](C)C3)cc21. The number of anilines is 1. The summed E-state index contributed by atoms with van der Waals surface area (Å²) in [5.74, 6) is 0.405. The second-order valence-corrected chi connectivity index (χ2v) is 11.6. The van der Waals surface area contributed by atoms with E-state index < -0.39 is 21.1 Å². The second kappa shape index (κ2) is 9.53. The van der Waals surface area contributed by atoms with Crippen molar-refractivity contribution < 1.29 is 12.8 Å². The molecule has 2 aromatic carbocycles. The van der Waals surface area contributed by atoms with E-state index >= 15 is 4.39 Å². The average molecular weight is 485 g/mol. The Balaban J connectivity index is 1.89. The fraction of sp³-hybridized carbons (Fsp3) is 0.444. The van der Waals surface area contributed by atoms with Crippen molar-refractivity contribution in [3.05, 3.63) is 64.2 Å². The van der Waals surface area contributed by atoms with Crippen LogP contribution in [0, 0.1) is 17.7 Å². The zero-order valence-electron chi connectivity index (χ0n) is 20.3. The van der Waals surface area contributed by atoms with Crippen molar-refractivity contribution in [1.82, 2.24) is 4.57 Å². The quantitative estimate of drug-likeness (QED) is 0.468. The van der Waals surface area contributed by atoms with E-state index in [4.69, 9.17) is 0 Å². The Morgan fingerprint density at radius 2 is 1.68 bits per heavy atom. The first-order chi connectivity index (χ1) is 16.1. The molecule has 1 saturated heterocycles. The van der Waals surface area contributed by atoms with Crippen molar-refractivity contribution in [1.29, 1.82) is 0 Å². The molecular weight excluding hydrogens is 451 g/mol. The predicted octanol–water partition coefficient (Wildman–Crippen LogP) is 5.43. The van der Waals surface area contributed by atoms with Crippen LogP contribution in [0.1, 0.15) is 46.1 Å². The van der Waals surface area contributed by atoms with Gasteiger partial charge in [-0.2, -0.15) is 0 Å². The molecule has 0 spiro atoms. The lowest BCUT2D eigenvalue weighted by Gasteiger charge is -2.37. The van der Waals surface area contributed by atoms with Gasteiger partial charge in [-0.25, -0.2) is 12.8 Å². The molecule has 1 aliphatic rings. The zero-order chi connectivity index (χ0) is 24.6. The summed E-state index contributed by atoms with van der Waals surface area (Å²) in [4.78, 5) is 15.2. The summed E-state index contributed by atoms with van der Waals surface area (Å²) >= 11 is 0. The fourth-order valence-corrected chi connectivity index (χ4v) is 6.49. The Bertz CT molecular complexity index is 1350. The molecule has 0 unspecified atom stereocenters. The minimum Gasteiger partial charge on any atom is -0.369 e. The second-order valence-electron chi connectivity index (χ2n) is 9.69. The summed E-state index contributed by atoms with van der Waals surface area (Å²) in [6.45, 7) is 10.3. The van der Waals surface area contributed by atoms with Gasteiger partial charge in [0.15, 0.2) is 0 Å². The molecule has 182 valence electrons. The van der Waals surface area contributed by atoms with Crippen molar-refractivity contribution in [2.75, 3.05) is 18.0 Å². The molecule has 0 saturated carbocycles. The van der Waals surface area contributed by atoms with Crippen LogP contribution in [0.3, 0.4) is 0 Å². The van der Waals surface area contributed by atoms with E-state index in [1.165, 1.54) is 24.4 Å². The largest absolute Gasteiger partial charge is 0.369 e. The van der Waals surface area contributed by atoms with Crippen LogP contribution in [0.5, 0.6) is 0 Å². The van der Waals surface area contributed by atoms with Gasteiger partial charge in [0.2, 0.25) is 15.3 Å². The topological polar surface area (TPSA) is 59.4 Å². The van der Waals surface area contributed by atoms with Gasteiger partial charge in [-0.05, 0) is 60.9 Å². The van der Waals surface area contributed by atoms with Crippen LogP contribution in [0.2, 0.25) is 0 Å². The van der Waals surface area contributed by atoms with Crippen LogP contribution >= 0.6 is 0 Å². The summed E-state index contributed by atoms with van der Waals surface area (Å²) in [6.07, 6.45) is 4.07. The van der Waals surface area contributed by atoms with E-state index in [1.54, 1.807) is 22.8 Å². The number of pyridine rings is 1. The summed E-state index contributed by atoms with van der Waals surface area (Å²) in [7, 11) is -4.05. The number of fused-ring (bicyclic) bond motifs is 1. The molecule has 4 rings (SSSR count). The molecule has 5 nitrogen and oxygen atoms in total. The van der Waals surface area contributed by atoms with Crippen LogP contribution in [-0.2, 0) is 22.8 Å². The normalized spacial score (nSPS) is 19.0. The highest BCUT2D eigenvalue weighted by molar-refractivity contribution is 7.91. The molecule has 0 bridgehead atoms. The van der Waals surface area contributed by atoms with Crippen molar-refractivity contribution in [3.63, 3.8) is 0 Å². The standard InChI is InChI=1S/C27H33FN2O3S/c1-5-11-29-17-26(34(32,33)21-9-7-20(6-2)8-10-21)27(31)22-13-23(28)25(14-24(22)29)30-15-18(3)12-19(4)16-30/h7-10,13-14,17-19H,5-6,11-12,15-16H2,1-4H3/t18-,19-/m0/s1. The van der Waals surface area contributed by atoms with Crippen LogP contribution in [0.4, 0.5) is 10.1 Å². The van der Waals surface area contributed by atoms with Crippen molar-refractivity contribution in [2.24, 2.45) is 11.8 Å². The van der Waals surface area contributed by atoms with Crippen LogP contribution in [-0.4, -0.2) is 26.1 Å². The third kappa shape index (κ3) is 4.50. The van der Waals surface area contributed by atoms with Gasteiger partial charge in [-0.1, -0.05) is 39.8 Å². The van der Waals surface area contributed by atoms with E-state index in [2.05, 4.69) is 13.8 Å². The van der Waals surface area contributed by atoms with Gasteiger partial charge in [-0.15, -0.1) is 0 Å². The summed E-state index contributed by atoms with van der Waals surface area (Å²) in [5.41, 5.74) is 1.39. The Morgan fingerprint density at radius 3 is 2.26 bits per heavy atom. The Hall–Kier alpha value is -2.67. The zero-order valence-corrected chi connectivity index (χ0v) is 21.2. The molecule has 0 N–H and O–H groups in total. The van der Waals surface area contributed by atoms with E-state index in [1.807, 2.05) is 18.7 Å². The lowest BCUT2D eigenvalue weighted by atomic mass is 9.91. The van der Waals surface area contributed by atoms with Gasteiger partial charge in [0, 0.05) is 25.8 Å². The van der Waals surface area contributed by atoms with Crippen molar-refractivity contribution in [2.45, 2.75) is 63.3 Å². The number of piperidine rings is 1. The molecule has 1 fully saturated rings. The highest BCUT2D eigenvalue weighted by Crippen LogP contribution is 2.31. The van der Waals surface area contributed by atoms with Gasteiger partial charge in [0.1, 0.15) is 10.7 Å². The van der Waals surface area contributed by atoms with E-state index in [9.17, 15) is 13.2 Å². The molecule has 1 aromatic heterocycles. The number of hydrogen-bond acceptors (Lipinski definition) is 4. The molecular formula is C27H33FN2O3S. The van der Waals surface area contributed by atoms with Gasteiger partial charge in [0.05, 0.1) is 21.5 Å². The van der Waals surface area contributed by atoms with Crippen LogP contribution in [0.15, 0.2) is 57.2 Å². The minimum absolute atomic E-state index is 0.0672. The summed E-state index contributed by atoms with van der Waals surface area (Å²) in [5, 5.41) is 0.0964.